The van der Waals surface area contributed by atoms with Crippen molar-refractivity contribution in [2.75, 3.05) is 38.5 Å². The summed E-state index contributed by atoms with van der Waals surface area (Å²) in [5.41, 5.74) is 24.4. The van der Waals surface area contributed by atoms with E-state index in [1.54, 1.807) is 30.5 Å². The summed E-state index contributed by atoms with van der Waals surface area (Å²) in [6, 6.07) is -9.07. The number of unbranched alkanes of at least 4 members (excludes halogenated alkanes) is 1. The van der Waals surface area contributed by atoms with Crippen LogP contribution in [-0.2, 0) is 94.3 Å². The molecular weight excluding hydrogens is 1520 g/mol. The Balaban J connectivity index is 1.02. The van der Waals surface area contributed by atoms with Gasteiger partial charge in [0.1, 0.15) is 96.4 Å². The summed E-state index contributed by atoms with van der Waals surface area (Å²) >= 11 is 4.15. The molecule has 4 aliphatic rings. The predicted octanol–water partition coefficient (Wildman–Crippen LogP) is -6.49. The van der Waals surface area contributed by atoms with E-state index in [0.29, 0.717) is 41.3 Å². The first-order chi connectivity index (χ1) is 54.4. The van der Waals surface area contributed by atoms with Crippen molar-refractivity contribution in [2.24, 2.45) is 22.9 Å². The largest absolute Gasteiger partial charge is 0.508 e. The lowest BCUT2D eigenvalue weighted by molar-refractivity contribution is -0.149. The van der Waals surface area contributed by atoms with Crippen molar-refractivity contribution in [1.82, 2.24) is 77.8 Å². The lowest BCUT2D eigenvalue weighted by Gasteiger charge is -2.31. The smallest absolute Gasteiger partial charge is 0.326 e. The highest BCUT2D eigenvalue weighted by atomic mass is 32.1. The monoisotopic (exact) mass is 1630 g/mol. The minimum atomic E-state index is -1.83. The van der Waals surface area contributed by atoms with Gasteiger partial charge in [0.15, 0.2) is 0 Å². The van der Waals surface area contributed by atoms with E-state index < -0.39 is 216 Å². The van der Waals surface area contributed by atoms with Crippen LogP contribution in [0.25, 0.3) is 10.9 Å². The van der Waals surface area contributed by atoms with Gasteiger partial charge in [0.25, 0.3) is 0 Å². The van der Waals surface area contributed by atoms with Gasteiger partial charge in [-0.3, -0.25) is 76.7 Å². The van der Waals surface area contributed by atoms with Crippen molar-refractivity contribution < 1.29 is 102 Å². The van der Waals surface area contributed by atoms with Crippen molar-refractivity contribution in [3.8, 4) is 5.75 Å². The van der Waals surface area contributed by atoms with Crippen LogP contribution in [0.2, 0.25) is 0 Å². The first-order valence-electron chi connectivity index (χ1n) is 38.3. The molecule has 16 amide bonds. The van der Waals surface area contributed by atoms with Crippen molar-refractivity contribution in [2.45, 2.75) is 234 Å². The molecule has 3 aromatic rings. The predicted molar refractivity (Wildman–Crippen MR) is 412 cm³/mol. The fraction of sp³-hybridized carbons (Fsp3) is 0.581. The molecule has 115 heavy (non-hydrogen) atoms. The number of aromatic amines is 1. The molecule has 2 aromatic carbocycles. The van der Waals surface area contributed by atoms with Crippen molar-refractivity contribution >= 4 is 124 Å². The number of aliphatic hydroxyl groups excluding tert-OH is 2. The molecule has 41 heteroatoms. The Kier molecular flexibility index (Phi) is 33.6. The number of para-hydroxylation sites is 1. The molecule has 4 fully saturated rings. The van der Waals surface area contributed by atoms with Crippen LogP contribution >= 0.6 is 12.6 Å². The Morgan fingerprint density at radius 1 is 0.478 bits per heavy atom. The zero-order chi connectivity index (χ0) is 84.8. The number of carboxylic acid groups (broad SMARTS) is 1. The summed E-state index contributed by atoms with van der Waals surface area (Å²) in [6.07, 6.45) is -1.04. The van der Waals surface area contributed by atoms with E-state index in [0.717, 1.165) is 9.80 Å². The fourth-order valence-electron chi connectivity index (χ4n) is 14.3. The number of carboxylic acids is 1. The third-order valence-corrected chi connectivity index (χ3v) is 21.0. The zero-order valence-electron chi connectivity index (χ0n) is 64.6. The number of aliphatic hydroxyl groups is 2. The average molecular weight is 1630 g/mol. The Labute approximate surface area is 667 Å². The summed E-state index contributed by atoms with van der Waals surface area (Å²) in [7, 11) is 0. The van der Waals surface area contributed by atoms with Gasteiger partial charge >= 0.3 is 5.97 Å². The van der Waals surface area contributed by atoms with Gasteiger partial charge in [-0.05, 0) is 141 Å². The number of H-pyrrole nitrogens is 1. The molecule has 0 spiro atoms. The maximum absolute atomic E-state index is 15.0. The number of rotatable bonds is 40. The molecule has 4 saturated heterocycles. The van der Waals surface area contributed by atoms with E-state index in [-0.39, 0.29) is 108 Å². The highest BCUT2D eigenvalue weighted by molar-refractivity contribution is 7.80. The van der Waals surface area contributed by atoms with Gasteiger partial charge in [-0.2, -0.15) is 12.6 Å². The lowest BCUT2D eigenvalue weighted by Crippen LogP contribution is -2.61. The number of carbonyl (C=O) groups is 17. The van der Waals surface area contributed by atoms with Gasteiger partial charge in [-0.15, -0.1) is 0 Å². The summed E-state index contributed by atoms with van der Waals surface area (Å²) in [4.78, 5) is 242. The number of aromatic nitrogens is 1. The molecule has 0 saturated carbocycles. The number of hydrogen-bond donors (Lipinski definition) is 20. The van der Waals surface area contributed by atoms with Crippen LogP contribution in [0.4, 0.5) is 0 Å². The standard InChI is InChI=1S/C74H107N19O21S/c1-36(60(99)85-49(32-56(76)97)65(104)88-51(35-115)72(111)93-29-13-20-55(93)74(113)114)80-66(105)52-17-10-26-90(52)70(109)38(3)82-62(101)47(30-41-21-23-43(96)24-22-41)86-64(103)50(33-57(77)98)87-67(106)53-18-11-27-91(53)71(110)46(16-8-9-25-75)83-63(102)48(31-42-34-79-45-15-7-6-14-44(42)45)84-61(100)37(2)81-69(108)59(40(5)95)89-68(107)54-19-12-28-92(54)73(112)58(78)39(4)94/h6-7,14-15,21-24,34,36-40,46-55,58-59,79,94-96,115H,8-13,16-20,25-33,35,75,78H2,1-5H3,(H2,76,97)(H2,77,98)(H,80,105)(H,81,108)(H,82,101)(H,83,102)(H,84,100)(H,85,99)(H,86,103)(H,87,106)(H,88,104)(H,89,107)(H,113,114)/t36-,37-,38-,39+,40+,46-,47-,48-,49-,50-,51-,52-,53-,54-,55-,58-,59-/m0/s1. The van der Waals surface area contributed by atoms with Gasteiger partial charge in [0.2, 0.25) is 94.5 Å². The third kappa shape index (κ3) is 24.7. The fourth-order valence-corrected chi connectivity index (χ4v) is 14.5. The number of hydrogen-bond acceptors (Lipinski definition) is 23. The summed E-state index contributed by atoms with van der Waals surface area (Å²) < 4.78 is 0. The first-order valence-corrected chi connectivity index (χ1v) is 38.9. The minimum absolute atomic E-state index is 0.000882. The molecule has 0 radical (unpaired) electrons. The number of amides is 16. The number of nitrogens with zero attached hydrogens (tertiary/aromatic N) is 4. The van der Waals surface area contributed by atoms with E-state index in [2.05, 4.69) is 70.8 Å². The van der Waals surface area contributed by atoms with E-state index in [9.17, 15) is 97.1 Å². The van der Waals surface area contributed by atoms with Crippen LogP contribution in [0.5, 0.6) is 5.75 Å². The summed E-state index contributed by atoms with van der Waals surface area (Å²) in [5, 5.41) is 66.3. The van der Waals surface area contributed by atoms with Crippen LogP contribution in [0.15, 0.2) is 54.7 Å². The summed E-state index contributed by atoms with van der Waals surface area (Å²) in [6.45, 7) is 6.67. The van der Waals surface area contributed by atoms with Gasteiger partial charge < -0.3 is 121 Å². The number of aromatic hydroxyl groups is 1. The minimum Gasteiger partial charge on any atom is -0.508 e. The molecule has 0 unspecified atom stereocenters. The highest BCUT2D eigenvalue weighted by Crippen LogP contribution is 2.26. The SMILES string of the molecule is C[C@H](NC(=O)[C@@H](NC(=O)[C@@H]1CCCN1C(=O)[C@@H](N)[C@@H](C)O)[C@@H](C)O)C(=O)N[C@@H](Cc1c[nH]c2ccccc12)C(=O)N[C@@H](CCCCN)C(=O)N1CCC[C@H]1C(=O)N[C@@H](CC(N)=O)C(=O)N[C@@H](Cc1ccc(O)cc1)C(=O)N[C@@H](C)C(=O)N1CCC[C@H]1C(=O)N[C@@H](C)C(=O)N[C@@H](CC(N)=O)C(=O)N[C@@H](CS)C(=O)N1CCC[C@H]1C(=O)O. The quantitative estimate of drug-likeness (QED) is 0.0186. The van der Waals surface area contributed by atoms with Crippen molar-refractivity contribution in [3.05, 3.63) is 65.9 Å². The first kappa shape index (κ1) is 91.1. The van der Waals surface area contributed by atoms with E-state index in [4.69, 9.17) is 22.9 Å². The number of benzene rings is 2. The van der Waals surface area contributed by atoms with E-state index >= 15 is 4.79 Å². The normalized spacial score (nSPS) is 20.0. The molecule has 1 aromatic heterocycles. The summed E-state index contributed by atoms with van der Waals surface area (Å²) in [5.74, 6) is -16.5. The second-order valence-electron chi connectivity index (χ2n) is 29.4. The number of phenols is 1. The topological polar surface area (TPSA) is 624 Å². The van der Waals surface area contributed by atoms with E-state index in [1.807, 2.05) is 0 Å². The van der Waals surface area contributed by atoms with Crippen LogP contribution in [0.1, 0.15) is 129 Å². The van der Waals surface area contributed by atoms with Crippen LogP contribution in [-0.4, -0.2) is 287 Å². The molecule has 0 aliphatic carbocycles. The van der Waals surface area contributed by atoms with Crippen LogP contribution in [0.3, 0.4) is 0 Å². The molecule has 7 rings (SSSR count). The van der Waals surface area contributed by atoms with Gasteiger partial charge in [-0.1, -0.05) is 30.3 Å². The molecule has 40 nitrogen and oxygen atoms in total. The molecular formula is C74H107N19O21S. The second kappa shape index (κ2) is 42.4. The maximum atomic E-state index is 15.0. The molecule has 0 bridgehead atoms. The number of phenolic OH excluding ortho intramolecular Hbond substituents is 1. The van der Waals surface area contributed by atoms with Crippen LogP contribution < -0.4 is 76.1 Å². The van der Waals surface area contributed by atoms with Crippen molar-refractivity contribution in [3.63, 3.8) is 0 Å². The van der Waals surface area contributed by atoms with Crippen molar-refractivity contribution in [1.29, 1.82) is 0 Å². The van der Waals surface area contributed by atoms with Gasteiger partial charge in [-0.25, -0.2) is 4.79 Å². The number of nitrogens with two attached hydrogens (primary N) is 4. The Hall–Kier alpha value is -11.0. The van der Waals surface area contributed by atoms with Gasteiger partial charge in [0, 0.05) is 61.9 Å². The number of fused-ring (bicyclic) bond motifs is 1. The number of thiol groups is 1. The lowest BCUT2D eigenvalue weighted by atomic mass is 10.0. The Bertz CT molecular complexity index is 4070. The molecule has 4 aliphatic heterocycles. The molecule has 630 valence electrons. The third-order valence-electron chi connectivity index (χ3n) is 20.6. The average Bonchev–Trinajstić information content (AvgIpc) is 1.73. The number of aliphatic carboxylic acids is 1. The highest BCUT2D eigenvalue weighted by Gasteiger charge is 2.45. The van der Waals surface area contributed by atoms with E-state index in [1.165, 1.54) is 68.7 Å². The number of nitrogens with one attached hydrogen (secondary N) is 11. The molecule has 5 heterocycles. The zero-order valence-corrected chi connectivity index (χ0v) is 65.5. The molecule has 17 atom stereocenters. The Morgan fingerprint density at radius 3 is 1.45 bits per heavy atom. The number of primary amides is 2. The maximum Gasteiger partial charge on any atom is 0.326 e. The number of carbonyl (C=O) groups excluding carboxylic acids is 16. The van der Waals surface area contributed by atoms with Gasteiger partial charge in [0.05, 0.1) is 25.0 Å². The Morgan fingerprint density at radius 2 is 0.913 bits per heavy atom. The second-order valence-corrected chi connectivity index (χ2v) is 29.8. The van der Waals surface area contributed by atoms with Crippen LogP contribution in [0, 0.1) is 0 Å². The number of likely N-dealkylation sites (tertiary alicyclic amines) is 4. The molecule has 23 N–H and O–H groups in total.